The lowest BCUT2D eigenvalue weighted by molar-refractivity contribution is 0.102. The molecule has 0 aliphatic carbocycles. The zero-order valence-corrected chi connectivity index (χ0v) is 13.3. The predicted molar refractivity (Wildman–Crippen MR) is 83.8 cm³/mol. The summed E-state index contributed by atoms with van der Waals surface area (Å²) in [5, 5.41) is 2.83. The molecule has 1 amide bonds. The topological polar surface area (TPSA) is 42.0 Å². The lowest BCUT2D eigenvalue weighted by Gasteiger charge is -2.07. The minimum atomic E-state index is -0.146. The summed E-state index contributed by atoms with van der Waals surface area (Å²) >= 11 is 5.56. The average Bonchev–Trinajstić information content (AvgIpc) is 2.32. The molecule has 1 aromatic carbocycles. The summed E-state index contributed by atoms with van der Waals surface area (Å²) in [7, 11) is 0. The average molecular weight is 417 g/mol. The summed E-state index contributed by atoms with van der Waals surface area (Å²) in [5.74, 6) is -0.146. The normalized spacial score (nSPS) is 10.2. The second-order valence-electron chi connectivity index (χ2n) is 3.83. The molecule has 0 aliphatic heterocycles. The molecule has 3 nitrogen and oxygen atoms in total. The van der Waals surface area contributed by atoms with Gasteiger partial charge in [0, 0.05) is 14.2 Å². The second-order valence-corrected chi connectivity index (χ2v) is 5.93. The Kier molecular flexibility index (Phi) is 4.34. The molecule has 0 saturated heterocycles. The van der Waals surface area contributed by atoms with Crippen molar-refractivity contribution in [2.45, 2.75) is 6.92 Å². The SMILES string of the molecule is Cc1cncc(NC(=O)c2cc(I)ccc2Br)c1. The number of halogens is 2. The molecule has 2 rings (SSSR count). The van der Waals surface area contributed by atoms with Crippen LogP contribution in [0.5, 0.6) is 0 Å². The predicted octanol–water partition coefficient (Wildman–Crippen LogP) is 4.01. The number of carbonyl (C=O) groups is 1. The Bertz CT molecular complexity index is 601. The monoisotopic (exact) mass is 416 g/mol. The van der Waals surface area contributed by atoms with Gasteiger partial charge in [-0.2, -0.15) is 0 Å². The van der Waals surface area contributed by atoms with E-state index in [2.05, 4.69) is 48.8 Å². The van der Waals surface area contributed by atoms with Gasteiger partial charge in [-0.3, -0.25) is 9.78 Å². The number of nitrogens with one attached hydrogen (secondary N) is 1. The quantitative estimate of drug-likeness (QED) is 0.751. The molecule has 0 spiro atoms. The Labute approximate surface area is 127 Å². The van der Waals surface area contributed by atoms with Crippen LogP contribution in [0.1, 0.15) is 15.9 Å². The van der Waals surface area contributed by atoms with E-state index in [0.29, 0.717) is 11.3 Å². The van der Waals surface area contributed by atoms with Crippen molar-refractivity contribution in [3.05, 3.63) is 55.8 Å². The number of nitrogens with zero attached hydrogens (tertiary/aromatic N) is 1. The zero-order valence-electron chi connectivity index (χ0n) is 9.58. The van der Waals surface area contributed by atoms with Crippen molar-refractivity contribution in [3.63, 3.8) is 0 Å². The van der Waals surface area contributed by atoms with Crippen LogP contribution in [0.4, 0.5) is 5.69 Å². The Morgan fingerprint density at radius 3 is 2.83 bits per heavy atom. The molecular formula is C13H10BrIN2O. The third-order valence-electron chi connectivity index (χ3n) is 2.31. The van der Waals surface area contributed by atoms with Crippen LogP contribution in [0.25, 0.3) is 0 Å². The fourth-order valence-electron chi connectivity index (χ4n) is 1.49. The van der Waals surface area contributed by atoms with Gasteiger partial charge in [-0.15, -0.1) is 0 Å². The van der Waals surface area contributed by atoms with Crippen LogP contribution in [0, 0.1) is 10.5 Å². The first kappa shape index (κ1) is 13.5. The number of amides is 1. The lowest BCUT2D eigenvalue weighted by Crippen LogP contribution is -2.13. The number of hydrogen-bond donors (Lipinski definition) is 1. The van der Waals surface area contributed by atoms with Crippen molar-refractivity contribution in [1.82, 2.24) is 4.98 Å². The summed E-state index contributed by atoms with van der Waals surface area (Å²) in [6, 6.07) is 7.52. The van der Waals surface area contributed by atoms with E-state index in [1.54, 1.807) is 12.4 Å². The summed E-state index contributed by atoms with van der Waals surface area (Å²) < 4.78 is 1.80. The number of carbonyl (C=O) groups excluding carboxylic acids is 1. The van der Waals surface area contributed by atoms with E-state index in [1.165, 1.54) is 0 Å². The van der Waals surface area contributed by atoms with Gasteiger partial charge in [-0.1, -0.05) is 0 Å². The Morgan fingerprint density at radius 1 is 1.33 bits per heavy atom. The van der Waals surface area contributed by atoms with Gasteiger partial charge < -0.3 is 5.32 Å². The van der Waals surface area contributed by atoms with Crippen LogP contribution >= 0.6 is 38.5 Å². The fraction of sp³-hybridized carbons (Fsp3) is 0.0769. The molecule has 1 aromatic heterocycles. The van der Waals surface area contributed by atoms with Gasteiger partial charge in [0.15, 0.2) is 0 Å². The maximum atomic E-state index is 12.1. The standard InChI is InChI=1S/C13H10BrIN2O/c1-8-4-10(7-16-6-8)17-13(18)11-5-9(15)2-3-12(11)14/h2-7H,1H3,(H,17,18). The van der Waals surface area contributed by atoms with E-state index in [-0.39, 0.29) is 5.91 Å². The number of aromatic nitrogens is 1. The second kappa shape index (κ2) is 5.79. The number of pyridine rings is 1. The highest BCUT2D eigenvalue weighted by molar-refractivity contribution is 14.1. The molecule has 0 unspecified atom stereocenters. The van der Waals surface area contributed by atoms with E-state index in [9.17, 15) is 4.79 Å². The van der Waals surface area contributed by atoms with Crippen molar-refractivity contribution in [2.24, 2.45) is 0 Å². The van der Waals surface area contributed by atoms with Crippen LogP contribution in [0.3, 0.4) is 0 Å². The van der Waals surface area contributed by atoms with Gasteiger partial charge in [0.1, 0.15) is 0 Å². The number of hydrogen-bond acceptors (Lipinski definition) is 2. The van der Waals surface area contributed by atoms with Gasteiger partial charge >= 0.3 is 0 Å². The molecule has 5 heteroatoms. The third kappa shape index (κ3) is 3.29. The van der Waals surface area contributed by atoms with E-state index in [4.69, 9.17) is 0 Å². The molecule has 0 fully saturated rings. The van der Waals surface area contributed by atoms with E-state index in [0.717, 1.165) is 13.6 Å². The number of anilines is 1. The van der Waals surface area contributed by atoms with Crippen molar-refractivity contribution in [2.75, 3.05) is 5.32 Å². The van der Waals surface area contributed by atoms with Crippen molar-refractivity contribution >= 4 is 50.1 Å². The molecule has 2 aromatic rings. The van der Waals surface area contributed by atoms with Crippen LogP contribution in [0.15, 0.2) is 41.1 Å². The minimum Gasteiger partial charge on any atom is -0.321 e. The molecule has 0 bridgehead atoms. The maximum absolute atomic E-state index is 12.1. The summed E-state index contributed by atoms with van der Waals surface area (Å²) in [5.41, 5.74) is 2.32. The molecule has 0 atom stereocenters. The molecule has 0 radical (unpaired) electrons. The molecule has 0 aliphatic rings. The van der Waals surface area contributed by atoms with Gasteiger partial charge in [0.2, 0.25) is 0 Å². The summed E-state index contributed by atoms with van der Waals surface area (Å²) in [4.78, 5) is 16.2. The molecule has 18 heavy (non-hydrogen) atoms. The highest BCUT2D eigenvalue weighted by Crippen LogP contribution is 2.21. The van der Waals surface area contributed by atoms with E-state index >= 15 is 0 Å². The first-order chi connectivity index (χ1) is 8.56. The van der Waals surface area contributed by atoms with Crippen molar-refractivity contribution < 1.29 is 4.79 Å². The third-order valence-corrected chi connectivity index (χ3v) is 3.67. The van der Waals surface area contributed by atoms with Gasteiger partial charge in [-0.05, 0) is 75.3 Å². The largest absolute Gasteiger partial charge is 0.321 e. The number of benzene rings is 1. The fourth-order valence-corrected chi connectivity index (χ4v) is 2.41. The zero-order chi connectivity index (χ0) is 13.1. The smallest absolute Gasteiger partial charge is 0.256 e. The van der Waals surface area contributed by atoms with Crippen LogP contribution in [0.2, 0.25) is 0 Å². The van der Waals surface area contributed by atoms with Crippen molar-refractivity contribution in [3.8, 4) is 0 Å². The van der Waals surface area contributed by atoms with Crippen LogP contribution < -0.4 is 5.32 Å². The van der Waals surface area contributed by atoms with Gasteiger partial charge in [-0.25, -0.2) is 0 Å². The Morgan fingerprint density at radius 2 is 2.11 bits per heavy atom. The molecule has 0 saturated carbocycles. The van der Waals surface area contributed by atoms with Crippen molar-refractivity contribution in [1.29, 1.82) is 0 Å². The minimum absolute atomic E-state index is 0.146. The lowest BCUT2D eigenvalue weighted by atomic mass is 10.2. The molecular weight excluding hydrogens is 407 g/mol. The van der Waals surface area contributed by atoms with Gasteiger partial charge in [0.05, 0.1) is 17.4 Å². The Balaban J connectivity index is 2.24. The summed E-state index contributed by atoms with van der Waals surface area (Å²) in [6.07, 6.45) is 3.38. The molecule has 92 valence electrons. The molecule has 1 N–H and O–H groups in total. The highest BCUT2D eigenvalue weighted by atomic mass is 127. The highest BCUT2D eigenvalue weighted by Gasteiger charge is 2.10. The molecule has 1 heterocycles. The Hall–Kier alpha value is -0.950. The van der Waals surface area contributed by atoms with E-state index < -0.39 is 0 Å². The first-order valence-corrected chi connectivity index (χ1v) is 7.11. The van der Waals surface area contributed by atoms with Crippen LogP contribution in [-0.4, -0.2) is 10.9 Å². The van der Waals surface area contributed by atoms with E-state index in [1.807, 2.05) is 31.2 Å². The van der Waals surface area contributed by atoms with Crippen LogP contribution in [-0.2, 0) is 0 Å². The number of rotatable bonds is 2. The van der Waals surface area contributed by atoms with Gasteiger partial charge in [0.25, 0.3) is 5.91 Å². The summed E-state index contributed by atoms with van der Waals surface area (Å²) in [6.45, 7) is 1.93. The first-order valence-electron chi connectivity index (χ1n) is 5.24. The maximum Gasteiger partial charge on any atom is 0.256 e. The number of aryl methyl sites for hydroxylation is 1.